The number of thiophene rings is 1. The van der Waals surface area contributed by atoms with Crippen molar-refractivity contribution in [3.05, 3.63) is 63.5 Å². The Morgan fingerprint density at radius 2 is 1.65 bits per heavy atom. The number of hydrogen-bond acceptors (Lipinski definition) is 7. The van der Waals surface area contributed by atoms with Crippen molar-refractivity contribution in [2.24, 2.45) is 0 Å². The fraction of sp³-hybridized carbons (Fsp3) is 0.167. The van der Waals surface area contributed by atoms with Gasteiger partial charge in [-0.15, -0.1) is 11.3 Å². The summed E-state index contributed by atoms with van der Waals surface area (Å²) in [5.74, 6) is 0.399. The van der Waals surface area contributed by atoms with Crippen molar-refractivity contribution in [1.82, 2.24) is 4.98 Å². The van der Waals surface area contributed by atoms with Crippen LogP contribution in [-0.2, 0) is 0 Å². The molecule has 34 heavy (non-hydrogen) atoms. The third-order valence-electron chi connectivity index (χ3n) is 5.24. The van der Waals surface area contributed by atoms with Gasteiger partial charge in [-0.25, -0.2) is 13.8 Å². The zero-order chi connectivity index (χ0) is 24.6. The first kappa shape index (κ1) is 23.7. The number of ketones is 1. The first-order chi connectivity index (χ1) is 16.3. The number of anilines is 1. The highest BCUT2D eigenvalue weighted by molar-refractivity contribution is 7.21. The molecule has 0 aliphatic heterocycles. The molecule has 2 aromatic carbocycles. The van der Waals surface area contributed by atoms with Gasteiger partial charge in [-0.2, -0.15) is 0 Å². The summed E-state index contributed by atoms with van der Waals surface area (Å²) in [4.78, 5) is 18.2. The third-order valence-corrected chi connectivity index (χ3v) is 6.59. The number of carbonyl (C=O) groups excluding carboxylic acids is 1. The molecule has 2 aromatic heterocycles. The summed E-state index contributed by atoms with van der Waals surface area (Å²) < 4.78 is 44.0. The van der Waals surface area contributed by atoms with E-state index in [9.17, 15) is 13.6 Å². The lowest BCUT2D eigenvalue weighted by Gasteiger charge is -2.13. The van der Waals surface area contributed by atoms with Crippen molar-refractivity contribution in [1.29, 1.82) is 0 Å². The first-order valence-corrected chi connectivity index (χ1v) is 11.1. The van der Waals surface area contributed by atoms with Crippen LogP contribution in [0.5, 0.6) is 17.2 Å². The highest BCUT2D eigenvalue weighted by Gasteiger charge is 2.26. The van der Waals surface area contributed by atoms with E-state index >= 15 is 0 Å². The van der Waals surface area contributed by atoms with E-state index in [-0.39, 0.29) is 43.4 Å². The molecule has 2 N–H and O–H groups in total. The van der Waals surface area contributed by atoms with Crippen LogP contribution < -0.4 is 19.9 Å². The van der Waals surface area contributed by atoms with E-state index in [2.05, 4.69) is 4.98 Å². The minimum atomic E-state index is -2.82. The van der Waals surface area contributed by atoms with Gasteiger partial charge in [-0.3, -0.25) is 4.79 Å². The number of benzene rings is 2. The molecule has 4 rings (SSSR count). The average Bonchev–Trinajstić information content (AvgIpc) is 3.18. The molecule has 0 saturated heterocycles. The predicted octanol–water partition coefficient (Wildman–Crippen LogP) is 6.39. The van der Waals surface area contributed by atoms with Crippen molar-refractivity contribution in [2.75, 3.05) is 27.1 Å². The fourth-order valence-electron chi connectivity index (χ4n) is 3.60. The van der Waals surface area contributed by atoms with Gasteiger partial charge in [0.25, 0.3) is 6.43 Å². The standard InChI is InChI=1S/C24H19ClF2N2O4S/c1-31-16-8-12(9-17(32-2)21(16)33-3)20(30)22-19(28)18-14(23(26)27)10-15(29-24(18)34-22)11-4-6-13(25)7-5-11/h4-10,23H,28H2,1-3H3. The molecule has 0 aliphatic rings. The fourth-order valence-corrected chi connectivity index (χ4v) is 4.82. The van der Waals surface area contributed by atoms with Crippen LogP contribution in [0.4, 0.5) is 14.5 Å². The lowest BCUT2D eigenvalue weighted by molar-refractivity contribution is 0.104. The molecule has 4 aromatic rings. The van der Waals surface area contributed by atoms with E-state index < -0.39 is 12.2 Å². The van der Waals surface area contributed by atoms with Crippen molar-refractivity contribution >= 4 is 44.6 Å². The Labute approximate surface area is 202 Å². The Kier molecular flexibility index (Phi) is 6.58. The van der Waals surface area contributed by atoms with Crippen LogP contribution in [0.15, 0.2) is 42.5 Å². The lowest BCUT2D eigenvalue weighted by Crippen LogP contribution is -2.05. The largest absolute Gasteiger partial charge is 0.493 e. The van der Waals surface area contributed by atoms with Gasteiger partial charge in [-0.1, -0.05) is 23.7 Å². The molecule has 0 fully saturated rings. The number of nitrogen functional groups attached to an aromatic ring is 1. The topological polar surface area (TPSA) is 83.7 Å². The smallest absolute Gasteiger partial charge is 0.264 e. The molecule has 0 bridgehead atoms. The highest BCUT2D eigenvalue weighted by atomic mass is 35.5. The zero-order valence-electron chi connectivity index (χ0n) is 18.3. The third kappa shape index (κ3) is 4.12. The maximum Gasteiger partial charge on any atom is 0.264 e. The molecular weight excluding hydrogens is 486 g/mol. The van der Waals surface area contributed by atoms with Crippen LogP contribution in [0.1, 0.15) is 27.2 Å². The van der Waals surface area contributed by atoms with Gasteiger partial charge in [0, 0.05) is 27.1 Å². The summed E-state index contributed by atoms with van der Waals surface area (Å²) in [6.07, 6.45) is -2.82. The molecule has 0 unspecified atom stereocenters. The Morgan fingerprint density at radius 1 is 1.03 bits per heavy atom. The Morgan fingerprint density at radius 3 is 2.18 bits per heavy atom. The van der Waals surface area contributed by atoms with Gasteiger partial charge < -0.3 is 19.9 Å². The van der Waals surface area contributed by atoms with Crippen LogP contribution >= 0.6 is 22.9 Å². The summed E-state index contributed by atoms with van der Waals surface area (Å²) >= 11 is 6.89. The molecule has 176 valence electrons. The second-order valence-electron chi connectivity index (χ2n) is 7.17. The molecular formula is C24H19ClF2N2O4S. The number of carbonyl (C=O) groups is 1. The van der Waals surface area contributed by atoms with Gasteiger partial charge in [0.1, 0.15) is 9.71 Å². The number of rotatable bonds is 7. The number of nitrogens with two attached hydrogens (primary N) is 1. The van der Waals surface area contributed by atoms with E-state index in [1.807, 2.05) is 0 Å². The summed E-state index contributed by atoms with van der Waals surface area (Å²) in [5, 5.41) is 0.575. The molecule has 0 spiro atoms. The van der Waals surface area contributed by atoms with Crippen LogP contribution in [0.3, 0.4) is 0 Å². The molecule has 2 heterocycles. The lowest BCUT2D eigenvalue weighted by atomic mass is 10.0. The predicted molar refractivity (Wildman–Crippen MR) is 129 cm³/mol. The number of nitrogens with zero attached hydrogens (tertiary/aromatic N) is 1. The van der Waals surface area contributed by atoms with Crippen LogP contribution in [0, 0.1) is 0 Å². The highest BCUT2D eigenvalue weighted by Crippen LogP contribution is 2.43. The minimum absolute atomic E-state index is 0.0517. The van der Waals surface area contributed by atoms with Crippen LogP contribution in [0.2, 0.25) is 5.02 Å². The number of fused-ring (bicyclic) bond motifs is 1. The van der Waals surface area contributed by atoms with Gasteiger partial charge in [0.05, 0.1) is 32.7 Å². The van der Waals surface area contributed by atoms with Gasteiger partial charge in [-0.05, 0) is 30.3 Å². The summed E-state index contributed by atoms with van der Waals surface area (Å²) in [7, 11) is 4.30. The Balaban J connectivity index is 1.89. The van der Waals surface area contributed by atoms with Gasteiger partial charge >= 0.3 is 0 Å². The number of aromatic nitrogens is 1. The number of methoxy groups -OCH3 is 3. The SMILES string of the molecule is COc1cc(C(=O)c2sc3nc(-c4ccc(Cl)cc4)cc(C(F)F)c3c2N)cc(OC)c1OC. The van der Waals surface area contributed by atoms with E-state index in [0.29, 0.717) is 22.0 Å². The van der Waals surface area contributed by atoms with Crippen LogP contribution in [0.25, 0.3) is 21.5 Å². The summed E-state index contributed by atoms with van der Waals surface area (Å²) in [5.41, 5.74) is 7.02. The van der Waals surface area contributed by atoms with E-state index in [4.69, 9.17) is 31.5 Å². The second kappa shape index (κ2) is 9.44. The van der Waals surface area contributed by atoms with Crippen LogP contribution in [-0.4, -0.2) is 32.1 Å². The normalized spacial score (nSPS) is 11.1. The maximum atomic E-state index is 14.0. The number of hydrogen-bond donors (Lipinski definition) is 1. The van der Waals surface area contributed by atoms with E-state index in [0.717, 1.165) is 11.3 Å². The number of halogens is 3. The van der Waals surface area contributed by atoms with Crippen molar-refractivity contribution in [3.8, 4) is 28.5 Å². The minimum Gasteiger partial charge on any atom is -0.493 e. The van der Waals surface area contributed by atoms with Gasteiger partial charge in [0.2, 0.25) is 11.5 Å². The number of pyridine rings is 1. The molecule has 0 amide bonds. The maximum absolute atomic E-state index is 14.0. The zero-order valence-corrected chi connectivity index (χ0v) is 19.9. The number of alkyl halides is 2. The second-order valence-corrected chi connectivity index (χ2v) is 8.61. The van der Waals surface area contributed by atoms with Gasteiger partial charge in [0.15, 0.2) is 11.5 Å². The molecule has 0 atom stereocenters. The molecule has 0 radical (unpaired) electrons. The first-order valence-electron chi connectivity index (χ1n) is 9.90. The molecule has 10 heteroatoms. The van der Waals surface area contributed by atoms with Crippen molar-refractivity contribution < 1.29 is 27.8 Å². The monoisotopic (exact) mass is 504 g/mol. The Hall–Kier alpha value is -3.43. The summed E-state index contributed by atoms with van der Waals surface area (Å²) in [6.45, 7) is 0. The number of ether oxygens (including phenoxy) is 3. The van der Waals surface area contributed by atoms with E-state index in [1.54, 1.807) is 24.3 Å². The molecule has 0 saturated carbocycles. The quantitative estimate of drug-likeness (QED) is 0.293. The average molecular weight is 505 g/mol. The Bertz CT molecular complexity index is 1370. The molecule has 0 aliphatic carbocycles. The van der Waals surface area contributed by atoms with Crippen molar-refractivity contribution in [3.63, 3.8) is 0 Å². The van der Waals surface area contributed by atoms with E-state index in [1.165, 1.54) is 39.5 Å². The summed E-state index contributed by atoms with van der Waals surface area (Å²) in [6, 6.07) is 10.9. The van der Waals surface area contributed by atoms with Crippen molar-refractivity contribution in [2.45, 2.75) is 6.43 Å². The molecule has 6 nitrogen and oxygen atoms in total.